The molecular formula is C23H32O. The molecule has 1 unspecified atom stereocenters. The van der Waals surface area contributed by atoms with Gasteiger partial charge in [0.1, 0.15) is 5.75 Å². The van der Waals surface area contributed by atoms with Crippen molar-refractivity contribution in [3.05, 3.63) is 78.4 Å². The lowest BCUT2D eigenvalue weighted by atomic mass is 10.1. The van der Waals surface area contributed by atoms with E-state index in [-0.39, 0.29) is 0 Å². The number of benzene rings is 1. The van der Waals surface area contributed by atoms with Crippen molar-refractivity contribution >= 4 is 0 Å². The zero-order valence-corrected chi connectivity index (χ0v) is 15.4. The van der Waals surface area contributed by atoms with Crippen LogP contribution in [0.3, 0.4) is 0 Å². The van der Waals surface area contributed by atoms with Gasteiger partial charge in [-0.1, -0.05) is 80.2 Å². The summed E-state index contributed by atoms with van der Waals surface area (Å²) >= 11 is 0. The van der Waals surface area contributed by atoms with Gasteiger partial charge in [0.25, 0.3) is 0 Å². The first kappa shape index (κ1) is 20.0. The molecule has 130 valence electrons. The Hall–Kier alpha value is -2.02. The molecule has 0 aliphatic carbocycles. The van der Waals surface area contributed by atoms with Crippen molar-refractivity contribution in [2.75, 3.05) is 6.61 Å². The fraction of sp³-hybridized carbons (Fsp3) is 0.391. The summed E-state index contributed by atoms with van der Waals surface area (Å²) < 4.78 is 5.76. The molecule has 1 heteroatoms. The van der Waals surface area contributed by atoms with E-state index in [4.69, 9.17) is 4.74 Å². The van der Waals surface area contributed by atoms with E-state index in [1.54, 1.807) is 0 Å². The third-order valence-electron chi connectivity index (χ3n) is 3.67. The molecule has 0 aromatic heterocycles. The Morgan fingerprint density at radius 2 is 1.62 bits per heavy atom. The van der Waals surface area contributed by atoms with Crippen LogP contribution in [0.5, 0.6) is 5.75 Å². The smallest absolute Gasteiger partial charge is 0.119 e. The number of allylic oxidation sites excluding steroid dienone is 8. The third-order valence-corrected chi connectivity index (χ3v) is 3.67. The Bertz CT molecular complexity index is 532. The predicted molar refractivity (Wildman–Crippen MR) is 107 cm³/mol. The van der Waals surface area contributed by atoms with E-state index in [0.717, 1.165) is 38.0 Å². The number of hydrogen-bond acceptors (Lipinski definition) is 1. The molecule has 24 heavy (non-hydrogen) atoms. The van der Waals surface area contributed by atoms with Crippen molar-refractivity contribution in [3.8, 4) is 5.75 Å². The van der Waals surface area contributed by atoms with Crippen LogP contribution < -0.4 is 4.74 Å². The van der Waals surface area contributed by atoms with Crippen molar-refractivity contribution in [1.82, 2.24) is 0 Å². The molecule has 1 aromatic rings. The minimum absolute atomic E-state index is 0.517. The Morgan fingerprint density at radius 3 is 2.38 bits per heavy atom. The van der Waals surface area contributed by atoms with Crippen LogP contribution in [0.2, 0.25) is 0 Å². The van der Waals surface area contributed by atoms with E-state index in [2.05, 4.69) is 81.5 Å². The summed E-state index contributed by atoms with van der Waals surface area (Å²) in [5.41, 5.74) is 1.26. The molecule has 1 rings (SSSR count). The van der Waals surface area contributed by atoms with Gasteiger partial charge in [-0.25, -0.2) is 0 Å². The highest BCUT2D eigenvalue weighted by atomic mass is 16.5. The normalized spacial score (nSPS) is 13.6. The molecule has 0 N–H and O–H groups in total. The Kier molecular flexibility index (Phi) is 11.2. The highest BCUT2D eigenvalue weighted by Crippen LogP contribution is 2.13. The molecule has 0 fully saturated rings. The zero-order chi connectivity index (χ0) is 17.5. The molecule has 0 aliphatic heterocycles. The Balaban J connectivity index is 2.13. The predicted octanol–water partition coefficient (Wildman–Crippen LogP) is 6.82. The maximum absolute atomic E-state index is 5.76. The number of unbranched alkanes of at least 4 members (excludes halogenated alkanes) is 1. The molecule has 0 saturated heterocycles. The molecule has 0 saturated carbocycles. The van der Waals surface area contributed by atoms with E-state index < -0.39 is 0 Å². The fourth-order valence-corrected chi connectivity index (χ4v) is 2.13. The van der Waals surface area contributed by atoms with Crippen molar-refractivity contribution in [2.45, 2.75) is 46.5 Å². The van der Waals surface area contributed by atoms with E-state index in [9.17, 15) is 0 Å². The average molecular weight is 325 g/mol. The van der Waals surface area contributed by atoms with E-state index >= 15 is 0 Å². The molecule has 1 atom stereocenters. The number of ether oxygens (including phenoxy) is 1. The van der Waals surface area contributed by atoms with Gasteiger partial charge in [0, 0.05) is 0 Å². The fourth-order valence-electron chi connectivity index (χ4n) is 2.13. The van der Waals surface area contributed by atoms with Gasteiger partial charge >= 0.3 is 0 Å². The molecule has 0 spiro atoms. The Labute approximate surface area is 148 Å². The molecular weight excluding hydrogens is 292 g/mol. The van der Waals surface area contributed by atoms with Gasteiger partial charge in [0.2, 0.25) is 0 Å². The van der Waals surface area contributed by atoms with Gasteiger partial charge in [-0.15, -0.1) is 0 Å². The van der Waals surface area contributed by atoms with E-state index in [0.29, 0.717) is 5.92 Å². The highest BCUT2D eigenvalue weighted by Gasteiger charge is 1.98. The molecule has 0 amide bonds. The van der Waals surface area contributed by atoms with Crippen molar-refractivity contribution in [1.29, 1.82) is 0 Å². The monoisotopic (exact) mass is 324 g/mol. The summed E-state index contributed by atoms with van der Waals surface area (Å²) in [6, 6.07) is 8.22. The zero-order valence-electron chi connectivity index (χ0n) is 15.4. The second-order valence-electron chi connectivity index (χ2n) is 6.08. The van der Waals surface area contributed by atoms with Crippen LogP contribution >= 0.6 is 0 Å². The van der Waals surface area contributed by atoms with Gasteiger partial charge in [-0.05, 0) is 50.7 Å². The van der Waals surface area contributed by atoms with E-state index in [1.807, 2.05) is 12.1 Å². The van der Waals surface area contributed by atoms with Crippen LogP contribution in [0.1, 0.15) is 45.1 Å². The van der Waals surface area contributed by atoms with Crippen molar-refractivity contribution in [3.63, 3.8) is 0 Å². The topological polar surface area (TPSA) is 9.23 Å². The van der Waals surface area contributed by atoms with Gasteiger partial charge in [-0.2, -0.15) is 0 Å². The van der Waals surface area contributed by atoms with Crippen LogP contribution in [0.15, 0.2) is 72.9 Å². The molecule has 1 aromatic carbocycles. The van der Waals surface area contributed by atoms with Crippen LogP contribution in [0.4, 0.5) is 0 Å². The maximum atomic E-state index is 5.76. The molecule has 1 nitrogen and oxygen atoms in total. The Morgan fingerprint density at radius 1 is 0.917 bits per heavy atom. The van der Waals surface area contributed by atoms with Gasteiger partial charge in [0.15, 0.2) is 0 Å². The van der Waals surface area contributed by atoms with Crippen molar-refractivity contribution < 1.29 is 4.74 Å². The van der Waals surface area contributed by atoms with E-state index in [1.165, 1.54) is 5.56 Å². The second kappa shape index (κ2) is 13.4. The van der Waals surface area contributed by atoms with Gasteiger partial charge in [0.05, 0.1) is 6.61 Å². The van der Waals surface area contributed by atoms with Crippen LogP contribution in [-0.4, -0.2) is 6.61 Å². The molecule has 0 aliphatic rings. The summed E-state index contributed by atoms with van der Waals surface area (Å²) in [4.78, 5) is 0. The minimum Gasteiger partial charge on any atom is -0.494 e. The minimum atomic E-state index is 0.517. The quantitative estimate of drug-likeness (QED) is 0.247. The summed E-state index contributed by atoms with van der Waals surface area (Å²) in [5.74, 6) is 1.47. The average Bonchev–Trinajstić information content (AvgIpc) is 2.58. The maximum Gasteiger partial charge on any atom is 0.119 e. The SMILES string of the molecule is CC/C=C\CC/C=C/C=C\C=C\C(C)CCOc1ccc(C)cc1. The molecule has 0 radical (unpaired) electrons. The summed E-state index contributed by atoms with van der Waals surface area (Å²) in [6.45, 7) is 7.22. The number of aryl methyl sites for hydroxylation is 1. The molecule has 0 bridgehead atoms. The molecule has 0 heterocycles. The summed E-state index contributed by atoms with van der Waals surface area (Å²) in [7, 11) is 0. The van der Waals surface area contributed by atoms with Crippen LogP contribution in [-0.2, 0) is 0 Å². The van der Waals surface area contributed by atoms with Gasteiger partial charge in [-0.3, -0.25) is 0 Å². The highest BCUT2D eigenvalue weighted by molar-refractivity contribution is 5.26. The number of hydrogen-bond donors (Lipinski definition) is 0. The largest absolute Gasteiger partial charge is 0.494 e. The summed E-state index contributed by atoms with van der Waals surface area (Å²) in [6.07, 6.45) is 21.7. The lowest BCUT2D eigenvalue weighted by Crippen LogP contribution is -2.02. The lowest BCUT2D eigenvalue weighted by Gasteiger charge is -2.08. The lowest BCUT2D eigenvalue weighted by molar-refractivity contribution is 0.296. The van der Waals surface area contributed by atoms with Crippen molar-refractivity contribution in [2.24, 2.45) is 5.92 Å². The first-order chi connectivity index (χ1) is 11.7. The second-order valence-corrected chi connectivity index (χ2v) is 6.08. The number of rotatable bonds is 11. The van der Waals surface area contributed by atoms with Gasteiger partial charge < -0.3 is 4.74 Å². The standard InChI is InChI=1S/C23H32O/c1-4-5-6-7-8-9-10-11-12-13-14-21(2)19-20-24-23-17-15-22(3)16-18-23/h5-6,9-18,21H,4,7-8,19-20H2,1-3H3/b6-5-,10-9+,12-11-,14-13+. The third kappa shape index (κ3) is 10.7. The summed E-state index contributed by atoms with van der Waals surface area (Å²) in [5, 5.41) is 0. The van der Waals surface area contributed by atoms with Crippen LogP contribution in [0, 0.1) is 12.8 Å². The first-order valence-corrected chi connectivity index (χ1v) is 9.06. The first-order valence-electron chi connectivity index (χ1n) is 9.06. The van der Waals surface area contributed by atoms with Crippen LogP contribution in [0.25, 0.3) is 0 Å².